The first-order valence-electron chi connectivity index (χ1n) is 8.29. The second-order valence-corrected chi connectivity index (χ2v) is 7.01. The van der Waals surface area contributed by atoms with Crippen molar-refractivity contribution < 1.29 is 19.1 Å². The molecule has 0 spiro atoms. The Labute approximate surface area is 155 Å². The maximum absolute atomic E-state index is 12.7. The van der Waals surface area contributed by atoms with Gasteiger partial charge in [-0.05, 0) is 44.9 Å². The number of hydrogen-bond acceptors (Lipinski definition) is 4. The van der Waals surface area contributed by atoms with E-state index in [2.05, 4.69) is 21.2 Å². The van der Waals surface area contributed by atoms with Crippen molar-refractivity contribution in [2.75, 3.05) is 13.7 Å². The minimum absolute atomic E-state index is 0.162. The number of halogens is 1. The molecule has 0 saturated heterocycles. The Morgan fingerprint density at radius 3 is 2.72 bits per heavy atom. The minimum atomic E-state index is -0.617. The predicted molar refractivity (Wildman–Crippen MR) is 96.2 cm³/mol. The highest BCUT2D eigenvalue weighted by Gasteiger charge is 2.43. The minimum Gasteiger partial charge on any atom is -0.496 e. The van der Waals surface area contributed by atoms with E-state index in [0.717, 1.165) is 17.3 Å². The van der Waals surface area contributed by atoms with Crippen LogP contribution >= 0.6 is 15.9 Å². The summed E-state index contributed by atoms with van der Waals surface area (Å²) in [5.74, 6) is 0.181. The number of methoxy groups -OCH3 is 1. The average Bonchev–Trinajstić information content (AvgIpc) is 3.39. The zero-order valence-electron chi connectivity index (χ0n) is 14.5. The van der Waals surface area contributed by atoms with Crippen LogP contribution in [0.25, 0.3) is 0 Å². The fourth-order valence-electron chi connectivity index (χ4n) is 3.17. The fraction of sp³-hybridized carbons (Fsp3) is 0.444. The fourth-order valence-corrected chi connectivity index (χ4v) is 3.55. The van der Waals surface area contributed by atoms with Crippen LogP contribution in [-0.2, 0) is 9.53 Å². The van der Waals surface area contributed by atoms with E-state index < -0.39 is 12.0 Å². The molecule has 1 atom stereocenters. The highest BCUT2D eigenvalue weighted by atomic mass is 79.9. The molecule has 1 fully saturated rings. The van der Waals surface area contributed by atoms with Gasteiger partial charge in [0.1, 0.15) is 5.75 Å². The van der Waals surface area contributed by atoms with Crippen molar-refractivity contribution in [2.24, 2.45) is 0 Å². The summed E-state index contributed by atoms with van der Waals surface area (Å²) >= 11 is 3.44. The van der Waals surface area contributed by atoms with E-state index >= 15 is 0 Å². The van der Waals surface area contributed by atoms with E-state index in [1.807, 2.05) is 12.1 Å². The van der Waals surface area contributed by atoms with E-state index in [0.29, 0.717) is 22.6 Å². The maximum Gasteiger partial charge on any atom is 0.338 e. The SMILES string of the molecule is CCOC(=O)C1=C(C)N(C2CC2)C(=O)N[C@H]1c1cc(Br)ccc1OC. The van der Waals surface area contributed by atoms with E-state index in [-0.39, 0.29) is 18.7 Å². The summed E-state index contributed by atoms with van der Waals surface area (Å²) in [6, 6.07) is 4.85. The number of amides is 2. The number of benzene rings is 1. The monoisotopic (exact) mass is 408 g/mol. The number of ether oxygens (including phenoxy) is 2. The highest BCUT2D eigenvalue weighted by molar-refractivity contribution is 9.10. The molecule has 0 radical (unpaired) electrons. The van der Waals surface area contributed by atoms with Crippen molar-refractivity contribution >= 4 is 27.9 Å². The van der Waals surface area contributed by atoms with Crippen LogP contribution in [0.2, 0.25) is 0 Å². The third kappa shape index (κ3) is 3.38. The molecule has 2 aliphatic rings. The number of esters is 1. The number of carbonyl (C=O) groups is 2. The third-order valence-corrected chi connectivity index (χ3v) is 4.93. The molecule has 1 aliphatic carbocycles. The molecule has 2 amide bonds. The standard InChI is InChI=1S/C18H21BrN2O4/c1-4-25-17(22)15-10(2)21(12-6-7-12)18(23)20-16(15)13-9-11(19)5-8-14(13)24-3/h5,8-9,12,16H,4,6-7H2,1-3H3,(H,20,23)/t16-/m0/s1. The highest BCUT2D eigenvalue weighted by Crippen LogP contribution is 2.40. The zero-order valence-corrected chi connectivity index (χ0v) is 16.1. The molecule has 1 heterocycles. The largest absolute Gasteiger partial charge is 0.496 e. The summed E-state index contributed by atoms with van der Waals surface area (Å²) < 4.78 is 11.5. The third-order valence-electron chi connectivity index (χ3n) is 4.44. The summed E-state index contributed by atoms with van der Waals surface area (Å²) in [5, 5.41) is 2.95. The van der Waals surface area contributed by atoms with Gasteiger partial charge in [0.25, 0.3) is 0 Å². The predicted octanol–water partition coefficient (Wildman–Crippen LogP) is 3.52. The van der Waals surface area contributed by atoms with Crippen LogP contribution in [0.4, 0.5) is 4.79 Å². The summed E-state index contributed by atoms with van der Waals surface area (Å²) in [5.41, 5.74) is 1.81. The van der Waals surface area contributed by atoms with Crippen molar-refractivity contribution in [1.82, 2.24) is 10.2 Å². The molecule has 1 aliphatic heterocycles. The Morgan fingerprint density at radius 1 is 1.40 bits per heavy atom. The van der Waals surface area contributed by atoms with Gasteiger partial charge in [-0.3, -0.25) is 4.90 Å². The molecule has 1 aromatic rings. The molecule has 6 nitrogen and oxygen atoms in total. The van der Waals surface area contributed by atoms with Crippen LogP contribution in [0.1, 0.15) is 38.3 Å². The topological polar surface area (TPSA) is 67.9 Å². The lowest BCUT2D eigenvalue weighted by molar-refractivity contribution is -0.139. The van der Waals surface area contributed by atoms with Gasteiger partial charge in [-0.15, -0.1) is 0 Å². The Morgan fingerprint density at radius 2 is 2.12 bits per heavy atom. The van der Waals surface area contributed by atoms with Gasteiger partial charge in [0, 0.05) is 21.8 Å². The maximum atomic E-state index is 12.7. The van der Waals surface area contributed by atoms with Crippen LogP contribution < -0.4 is 10.1 Å². The van der Waals surface area contributed by atoms with Gasteiger partial charge in [-0.25, -0.2) is 9.59 Å². The van der Waals surface area contributed by atoms with E-state index in [4.69, 9.17) is 9.47 Å². The van der Waals surface area contributed by atoms with E-state index in [1.54, 1.807) is 31.9 Å². The molecule has 7 heteroatoms. The Kier molecular flexibility index (Phi) is 5.03. The molecule has 1 saturated carbocycles. The number of urea groups is 1. The van der Waals surface area contributed by atoms with Gasteiger partial charge in [-0.1, -0.05) is 15.9 Å². The normalized spacial score (nSPS) is 20.4. The first-order valence-corrected chi connectivity index (χ1v) is 9.08. The van der Waals surface area contributed by atoms with E-state index in [9.17, 15) is 9.59 Å². The summed E-state index contributed by atoms with van der Waals surface area (Å²) in [6.07, 6.45) is 1.90. The Balaban J connectivity index is 2.12. The lowest BCUT2D eigenvalue weighted by Crippen LogP contribution is -2.49. The van der Waals surface area contributed by atoms with Crippen LogP contribution in [0, 0.1) is 0 Å². The molecular formula is C18H21BrN2O4. The van der Waals surface area contributed by atoms with Gasteiger partial charge < -0.3 is 14.8 Å². The van der Waals surface area contributed by atoms with Crippen molar-refractivity contribution in [1.29, 1.82) is 0 Å². The van der Waals surface area contributed by atoms with Crippen molar-refractivity contribution in [3.8, 4) is 5.75 Å². The summed E-state index contributed by atoms with van der Waals surface area (Å²) in [4.78, 5) is 27.0. The van der Waals surface area contributed by atoms with Gasteiger partial charge in [0.2, 0.25) is 0 Å². The smallest absolute Gasteiger partial charge is 0.338 e. The number of carbonyl (C=O) groups excluding carboxylic acids is 2. The molecule has 3 rings (SSSR count). The Bertz CT molecular complexity index is 743. The van der Waals surface area contributed by atoms with Gasteiger partial charge in [0.15, 0.2) is 0 Å². The summed E-state index contributed by atoms with van der Waals surface area (Å²) in [7, 11) is 1.56. The first kappa shape index (κ1) is 17.8. The molecule has 134 valence electrons. The lowest BCUT2D eigenvalue weighted by Gasteiger charge is -2.36. The van der Waals surface area contributed by atoms with Crippen LogP contribution in [-0.4, -0.2) is 36.7 Å². The lowest BCUT2D eigenvalue weighted by atomic mass is 9.94. The number of hydrogen-bond donors (Lipinski definition) is 1. The molecule has 0 bridgehead atoms. The van der Waals surface area contributed by atoms with Crippen LogP contribution in [0.5, 0.6) is 5.75 Å². The molecule has 1 N–H and O–H groups in total. The van der Waals surface area contributed by atoms with Crippen molar-refractivity contribution in [3.63, 3.8) is 0 Å². The molecular weight excluding hydrogens is 388 g/mol. The second kappa shape index (κ2) is 7.07. The average molecular weight is 409 g/mol. The van der Waals surface area contributed by atoms with Crippen molar-refractivity contribution in [2.45, 2.75) is 38.8 Å². The molecule has 1 aromatic carbocycles. The van der Waals surface area contributed by atoms with Gasteiger partial charge in [0.05, 0.1) is 25.3 Å². The van der Waals surface area contributed by atoms with E-state index in [1.165, 1.54) is 0 Å². The number of allylic oxidation sites excluding steroid dienone is 1. The number of nitrogens with one attached hydrogen (secondary N) is 1. The molecule has 25 heavy (non-hydrogen) atoms. The number of rotatable bonds is 5. The summed E-state index contributed by atoms with van der Waals surface area (Å²) in [6.45, 7) is 3.85. The molecule has 0 aromatic heterocycles. The Hall–Kier alpha value is -2.02. The zero-order chi connectivity index (χ0) is 18.1. The van der Waals surface area contributed by atoms with Crippen molar-refractivity contribution in [3.05, 3.63) is 39.5 Å². The second-order valence-electron chi connectivity index (χ2n) is 6.09. The van der Waals surface area contributed by atoms with Gasteiger partial charge >= 0.3 is 12.0 Å². The first-order chi connectivity index (χ1) is 12.0. The molecule has 0 unspecified atom stereocenters. The van der Waals surface area contributed by atoms with Gasteiger partial charge in [-0.2, -0.15) is 0 Å². The van der Waals surface area contributed by atoms with Crippen LogP contribution in [0.15, 0.2) is 33.9 Å². The quantitative estimate of drug-likeness (QED) is 0.756. The van der Waals surface area contributed by atoms with Crippen LogP contribution in [0.3, 0.4) is 0 Å². The number of nitrogens with zero attached hydrogens (tertiary/aromatic N) is 1.